The van der Waals surface area contributed by atoms with Crippen LogP contribution in [0.1, 0.15) is 25.7 Å². The van der Waals surface area contributed by atoms with Crippen molar-refractivity contribution in [3.05, 3.63) is 35.2 Å². The van der Waals surface area contributed by atoms with Crippen LogP contribution in [0.15, 0.2) is 33.8 Å². The van der Waals surface area contributed by atoms with Gasteiger partial charge in [0.1, 0.15) is 6.54 Å². The summed E-state index contributed by atoms with van der Waals surface area (Å²) in [5.41, 5.74) is 6.53. The highest BCUT2D eigenvalue weighted by Gasteiger charge is 2.08. The summed E-state index contributed by atoms with van der Waals surface area (Å²) in [4.78, 5) is 8.41. The average molecular weight is 436 g/mol. The minimum Gasteiger partial charge on any atom is -0.370 e. The summed E-state index contributed by atoms with van der Waals surface area (Å²) in [7, 11) is 0. The van der Waals surface area contributed by atoms with Gasteiger partial charge in [0.2, 0.25) is 11.7 Å². The normalized spacial score (nSPS) is 11.1. The van der Waals surface area contributed by atoms with Gasteiger partial charge in [0.05, 0.1) is 0 Å². The van der Waals surface area contributed by atoms with Crippen LogP contribution in [-0.2, 0) is 6.54 Å². The molecule has 8 heteroatoms. The van der Waals surface area contributed by atoms with Crippen molar-refractivity contribution >= 4 is 41.5 Å². The van der Waals surface area contributed by atoms with Crippen molar-refractivity contribution in [2.24, 2.45) is 10.7 Å². The number of guanidine groups is 1. The molecule has 6 nitrogen and oxygen atoms in total. The van der Waals surface area contributed by atoms with Gasteiger partial charge in [-0.1, -0.05) is 42.2 Å². The first-order valence-electron chi connectivity index (χ1n) is 6.81. The minimum absolute atomic E-state index is 0. The first-order chi connectivity index (χ1) is 10.2. The number of rotatable bonds is 6. The number of benzene rings is 1. The zero-order valence-corrected chi connectivity index (χ0v) is 15.3. The second kappa shape index (κ2) is 9.62. The van der Waals surface area contributed by atoms with Crippen LogP contribution in [0.4, 0.5) is 0 Å². The molecule has 0 aliphatic rings. The predicted molar refractivity (Wildman–Crippen MR) is 98.4 cm³/mol. The summed E-state index contributed by atoms with van der Waals surface area (Å²) >= 11 is 5.93. The summed E-state index contributed by atoms with van der Waals surface area (Å²) in [6.07, 6.45) is 2.16. The van der Waals surface area contributed by atoms with Crippen LogP contribution in [-0.4, -0.2) is 22.6 Å². The van der Waals surface area contributed by atoms with Gasteiger partial charge in [0.25, 0.3) is 0 Å². The summed E-state index contributed by atoms with van der Waals surface area (Å²) in [5.74, 6) is 1.27. The molecule has 22 heavy (non-hydrogen) atoms. The fourth-order valence-electron chi connectivity index (χ4n) is 1.67. The van der Waals surface area contributed by atoms with E-state index in [9.17, 15) is 0 Å². The van der Waals surface area contributed by atoms with Gasteiger partial charge < -0.3 is 15.6 Å². The SMILES string of the molecule is CCCCNC(N)=NCc1nc(-c2cccc(Cl)c2)no1.I. The Kier molecular flexibility index (Phi) is 8.18. The van der Waals surface area contributed by atoms with Gasteiger partial charge >= 0.3 is 0 Å². The van der Waals surface area contributed by atoms with Gasteiger partial charge in [-0.25, -0.2) is 4.99 Å². The first kappa shape index (κ1) is 18.7. The lowest BCUT2D eigenvalue weighted by atomic mass is 10.2. The monoisotopic (exact) mass is 435 g/mol. The second-order valence-electron chi connectivity index (χ2n) is 4.50. The molecule has 0 aliphatic carbocycles. The average Bonchev–Trinajstić information content (AvgIpc) is 2.94. The Labute approximate surface area is 151 Å². The molecule has 1 heterocycles. The molecule has 0 bridgehead atoms. The van der Waals surface area contributed by atoms with Gasteiger partial charge in [-0.3, -0.25) is 0 Å². The summed E-state index contributed by atoms with van der Waals surface area (Å²) in [6.45, 7) is 3.17. The maximum absolute atomic E-state index is 5.93. The molecular formula is C14H19ClIN5O. The standard InChI is InChI=1S/C14H18ClN5O.HI/c1-2-3-7-17-14(16)18-9-12-19-13(20-21-12)10-5-4-6-11(15)8-10;/h4-6,8H,2-3,7,9H2,1H3,(H3,16,17,18);1H. The number of nitrogens with zero attached hydrogens (tertiary/aromatic N) is 3. The fourth-order valence-corrected chi connectivity index (χ4v) is 1.86. The molecule has 3 N–H and O–H groups in total. The molecule has 2 aromatic rings. The van der Waals surface area contributed by atoms with E-state index in [1.54, 1.807) is 12.1 Å². The van der Waals surface area contributed by atoms with Gasteiger partial charge in [0.15, 0.2) is 5.96 Å². The van der Waals surface area contributed by atoms with Crippen LogP contribution < -0.4 is 11.1 Å². The zero-order chi connectivity index (χ0) is 15.1. The summed E-state index contributed by atoms with van der Waals surface area (Å²) in [5, 5.41) is 7.55. The molecule has 0 saturated heterocycles. The Morgan fingerprint density at radius 3 is 3.00 bits per heavy atom. The van der Waals surface area contributed by atoms with Crippen molar-refractivity contribution in [2.45, 2.75) is 26.3 Å². The molecule has 120 valence electrons. The summed E-state index contributed by atoms with van der Waals surface area (Å²) < 4.78 is 5.14. The van der Waals surface area contributed by atoms with Crippen molar-refractivity contribution < 1.29 is 4.52 Å². The predicted octanol–water partition coefficient (Wildman–Crippen LogP) is 3.21. The first-order valence-corrected chi connectivity index (χ1v) is 7.19. The zero-order valence-electron chi connectivity index (χ0n) is 12.3. The molecule has 1 aromatic carbocycles. The molecule has 0 unspecified atom stereocenters. The quantitative estimate of drug-likeness (QED) is 0.315. The number of unbranched alkanes of at least 4 members (excludes halogenated alkanes) is 1. The largest absolute Gasteiger partial charge is 0.370 e. The molecule has 2 rings (SSSR count). The van der Waals surface area contributed by atoms with E-state index in [0.717, 1.165) is 24.9 Å². The molecule has 0 saturated carbocycles. The molecule has 0 spiro atoms. The third-order valence-corrected chi connectivity index (χ3v) is 3.01. The number of nitrogens with two attached hydrogens (primary N) is 1. The number of nitrogens with one attached hydrogen (secondary N) is 1. The van der Waals surface area contributed by atoms with E-state index in [1.807, 2.05) is 12.1 Å². The van der Waals surface area contributed by atoms with E-state index in [1.165, 1.54) is 0 Å². The smallest absolute Gasteiger partial charge is 0.248 e. The van der Waals surface area contributed by atoms with Crippen LogP contribution in [0.2, 0.25) is 5.02 Å². The molecule has 0 radical (unpaired) electrons. The van der Waals surface area contributed by atoms with Crippen LogP contribution in [0.5, 0.6) is 0 Å². The minimum atomic E-state index is 0. The van der Waals surface area contributed by atoms with Crippen molar-refractivity contribution in [1.29, 1.82) is 0 Å². The highest BCUT2D eigenvalue weighted by molar-refractivity contribution is 14.0. The van der Waals surface area contributed by atoms with Crippen LogP contribution in [0.25, 0.3) is 11.4 Å². The Bertz CT molecular complexity index is 617. The summed E-state index contributed by atoms with van der Waals surface area (Å²) in [6, 6.07) is 7.27. The van der Waals surface area contributed by atoms with E-state index in [-0.39, 0.29) is 30.5 Å². The molecule has 1 aromatic heterocycles. The van der Waals surface area contributed by atoms with Crippen molar-refractivity contribution in [3.63, 3.8) is 0 Å². The Balaban J connectivity index is 0.00000242. The highest BCUT2D eigenvalue weighted by atomic mass is 127. The van der Waals surface area contributed by atoms with E-state index in [4.69, 9.17) is 21.9 Å². The number of aliphatic imine (C=N–C) groups is 1. The third-order valence-electron chi connectivity index (χ3n) is 2.77. The third kappa shape index (κ3) is 5.80. The maximum atomic E-state index is 5.93. The highest BCUT2D eigenvalue weighted by Crippen LogP contribution is 2.19. The molecule has 0 amide bonds. The van der Waals surface area contributed by atoms with E-state index in [2.05, 4.69) is 27.4 Å². The van der Waals surface area contributed by atoms with E-state index in [0.29, 0.717) is 22.7 Å². The van der Waals surface area contributed by atoms with Crippen molar-refractivity contribution in [1.82, 2.24) is 15.5 Å². The Hall–Kier alpha value is -1.35. The molecule has 0 atom stereocenters. The topological polar surface area (TPSA) is 89.3 Å². The Morgan fingerprint density at radius 1 is 1.45 bits per heavy atom. The van der Waals surface area contributed by atoms with Gasteiger partial charge in [-0.2, -0.15) is 4.98 Å². The Morgan fingerprint density at radius 2 is 2.27 bits per heavy atom. The molecule has 0 aliphatic heterocycles. The van der Waals surface area contributed by atoms with Crippen molar-refractivity contribution in [3.8, 4) is 11.4 Å². The van der Waals surface area contributed by atoms with Gasteiger partial charge in [0, 0.05) is 17.1 Å². The lowest BCUT2D eigenvalue weighted by Crippen LogP contribution is -2.32. The lowest BCUT2D eigenvalue weighted by Gasteiger charge is -2.02. The molecular weight excluding hydrogens is 417 g/mol. The number of hydrogen-bond acceptors (Lipinski definition) is 4. The lowest BCUT2D eigenvalue weighted by molar-refractivity contribution is 0.381. The van der Waals surface area contributed by atoms with Crippen LogP contribution >= 0.6 is 35.6 Å². The van der Waals surface area contributed by atoms with Crippen LogP contribution in [0, 0.1) is 0 Å². The van der Waals surface area contributed by atoms with Crippen LogP contribution in [0.3, 0.4) is 0 Å². The second-order valence-corrected chi connectivity index (χ2v) is 4.94. The number of halogens is 2. The van der Waals surface area contributed by atoms with Crippen molar-refractivity contribution in [2.75, 3.05) is 6.54 Å². The van der Waals surface area contributed by atoms with Gasteiger partial charge in [-0.05, 0) is 18.6 Å². The van der Waals surface area contributed by atoms with E-state index < -0.39 is 0 Å². The maximum Gasteiger partial charge on any atom is 0.248 e. The van der Waals surface area contributed by atoms with Gasteiger partial charge in [-0.15, -0.1) is 24.0 Å². The van der Waals surface area contributed by atoms with E-state index >= 15 is 0 Å². The fraction of sp³-hybridized carbons (Fsp3) is 0.357. The number of hydrogen-bond donors (Lipinski definition) is 2. The number of aromatic nitrogens is 2. The molecule has 0 fully saturated rings.